The first-order valence-corrected chi connectivity index (χ1v) is 8.39. The summed E-state index contributed by atoms with van der Waals surface area (Å²) in [6.45, 7) is 3.21. The van der Waals surface area contributed by atoms with Gasteiger partial charge in [0.1, 0.15) is 5.75 Å². The first kappa shape index (κ1) is 19.7. The minimum atomic E-state index is -4.70. The topological polar surface area (TPSA) is 84.8 Å². The van der Waals surface area contributed by atoms with E-state index in [9.17, 15) is 18.0 Å². The summed E-state index contributed by atoms with van der Waals surface area (Å²) in [4.78, 5) is 12.3. The van der Waals surface area contributed by atoms with Crippen molar-refractivity contribution in [1.82, 2.24) is 20.0 Å². The minimum absolute atomic E-state index is 0.00684. The highest BCUT2D eigenvalue weighted by Crippen LogP contribution is 2.34. The van der Waals surface area contributed by atoms with Crippen LogP contribution in [-0.4, -0.2) is 25.9 Å². The standard InChI is InChI=1S/C17H15ClF3N5O2/c1-9-7-11(3-4-12(9)18)28-8-26-6-5-13(25-26)16(27)22-14-10(2)23-24-15(14)17(19,20)21/h3-7H,8H2,1-2H3,(H,22,27)(H,23,24). The van der Waals surface area contributed by atoms with E-state index in [4.69, 9.17) is 16.3 Å². The molecule has 11 heteroatoms. The second-order valence-corrected chi connectivity index (χ2v) is 6.36. The molecule has 0 aliphatic rings. The van der Waals surface area contributed by atoms with Crippen molar-refractivity contribution >= 4 is 23.2 Å². The second kappa shape index (κ2) is 7.55. The first-order valence-electron chi connectivity index (χ1n) is 8.01. The lowest BCUT2D eigenvalue weighted by atomic mass is 10.2. The van der Waals surface area contributed by atoms with Crippen LogP contribution in [0.4, 0.5) is 18.9 Å². The Morgan fingerprint density at radius 2 is 2.07 bits per heavy atom. The van der Waals surface area contributed by atoms with Crippen molar-refractivity contribution in [3.63, 3.8) is 0 Å². The Bertz CT molecular complexity index is 1010. The zero-order valence-corrected chi connectivity index (χ0v) is 15.5. The summed E-state index contributed by atoms with van der Waals surface area (Å²) in [7, 11) is 0. The molecule has 0 radical (unpaired) electrons. The molecule has 2 N–H and O–H groups in total. The number of hydrogen-bond donors (Lipinski definition) is 2. The number of anilines is 1. The van der Waals surface area contributed by atoms with Crippen molar-refractivity contribution in [2.45, 2.75) is 26.8 Å². The fraction of sp³-hybridized carbons (Fsp3) is 0.235. The van der Waals surface area contributed by atoms with Crippen LogP contribution in [0.2, 0.25) is 5.02 Å². The third-order valence-corrected chi connectivity index (χ3v) is 4.24. The van der Waals surface area contributed by atoms with E-state index in [1.165, 1.54) is 23.9 Å². The van der Waals surface area contributed by atoms with Gasteiger partial charge < -0.3 is 10.1 Å². The number of aromatic amines is 1. The number of nitrogens with one attached hydrogen (secondary N) is 2. The highest BCUT2D eigenvalue weighted by molar-refractivity contribution is 6.31. The van der Waals surface area contributed by atoms with Gasteiger partial charge in [-0.05, 0) is 43.7 Å². The Hall–Kier alpha value is -3.01. The molecule has 0 unspecified atom stereocenters. The summed E-state index contributed by atoms with van der Waals surface area (Å²) >= 11 is 5.95. The van der Waals surface area contributed by atoms with Crippen LogP contribution in [0.15, 0.2) is 30.5 Å². The molecule has 3 aromatic rings. The molecule has 0 aliphatic heterocycles. The Morgan fingerprint density at radius 3 is 2.75 bits per heavy atom. The fourth-order valence-electron chi connectivity index (χ4n) is 2.37. The quantitative estimate of drug-likeness (QED) is 0.657. The Labute approximate surface area is 162 Å². The number of H-pyrrole nitrogens is 1. The number of hydrogen-bond acceptors (Lipinski definition) is 4. The van der Waals surface area contributed by atoms with Crippen molar-refractivity contribution < 1.29 is 22.7 Å². The van der Waals surface area contributed by atoms with Gasteiger partial charge in [-0.25, -0.2) is 4.68 Å². The average molecular weight is 414 g/mol. The van der Waals surface area contributed by atoms with Crippen LogP contribution >= 0.6 is 11.6 Å². The molecule has 0 bridgehead atoms. The molecule has 148 valence electrons. The smallest absolute Gasteiger partial charge is 0.437 e. The fourth-order valence-corrected chi connectivity index (χ4v) is 2.48. The van der Waals surface area contributed by atoms with Gasteiger partial charge in [-0.3, -0.25) is 9.89 Å². The maximum absolute atomic E-state index is 13.0. The molecule has 1 aromatic carbocycles. The summed E-state index contributed by atoms with van der Waals surface area (Å²) in [6, 6.07) is 6.50. The number of carbonyl (C=O) groups is 1. The predicted molar refractivity (Wildman–Crippen MR) is 95.3 cm³/mol. The van der Waals surface area contributed by atoms with Crippen LogP contribution in [0.25, 0.3) is 0 Å². The first-order chi connectivity index (χ1) is 13.1. The molecule has 0 aliphatic carbocycles. The summed E-state index contributed by atoms with van der Waals surface area (Å²) in [5.41, 5.74) is -0.763. The van der Waals surface area contributed by atoms with E-state index in [-0.39, 0.29) is 18.1 Å². The van der Waals surface area contributed by atoms with Gasteiger partial charge in [-0.15, -0.1) is 0 Å². The molecule has 7 nitrogen and oxygen atoms in total. The Morgan fingerprint density at radius 1 is 1.32 bits per heavy atom. The normalized spacial score (nSPS) is 11.5. The zero-order valence-electron chi connectivity index (χ0n) is 14.8. The van der Waals surface area contributed by atoms with E-state index >= 15 is 0 Å². The molecule has 0 atom stereocenters. The number of benzene rings is 1. The number of ether oxygens (including phenoxy) is 1. The maximum Gasteiger partial charge on any atom is 0.437 e. The van der Waals surface area contributed by atoms with Gasteiger partial charge in [0.25, 0.3) is 5.91 Å². The lowest BCUT2D eigenvalue weighted by molar-refractivity contribution is -0.140. The monoisotopic (exact) mass is 413 g/mol. The number of amides is 1. The third-order valence-electron chi connectivity index (χ3n) is 3.82. The van der Waals surface area contributed by atoms with E-state index in [1.54, 1.807) is 18.2 Å². The summed E-state index contributed by atoms with van der Waals surface area (Å²) in [5, 5.41) is 12.2. The minimum Gasteiger partial charge on any atom is -0.471 e. The predicted octanol–water partition coefficient (Wildman–Crippen LogP) is 4.18. The second-order valence-electron chi connectivity index (χ2n) is 5.95. The van der Waals surface area contributed by atoms with Gasteiger partial charge in [-0.2, -0.15) is 23.4 Å². The highest BCUT2D eigenvalue weighted by atomic mass is 35.5. The number of nitrogens with zero attached hydrogens (tertiary/aromatic N) is 3. The summed E-state index contributed by atoms with van der Waals surface area (Å²) in [6.07, 6.45) is -3.22. The van der Waals surface area contributed by atoms with Gasteiger partial charge in [0.15, 0.2) is 18.1 Å². The molecule has 0 spiro atoms. The summed E-state index contributed by atoms with van der Waals surface area (Å²) < 4.78 is 45.8. The van der Waals surface area contributed by atoms with Crippen molar-refractivity contribution in [2.75, 3.05) is 5.32 Å². The lowest BCUT2D eigenvalue weighted by Gasteiger charge is -2.08. The molecule has 3 rings (SSSR count). The average Bonchev–Trinajstić information content (AvgIpc) is 3.23. The number of carbonyl (C=O) groups excluding carboxylic acids is 1. The van der Waals surface area contributed by atoms with Gasteiger partial charge in [0.05, 0.1) is 11.4 Å². The van der Waals surface area contributed by atoms with Gasteiger partial charge in [0.2, 0.25) is 0 Å². The van der Waals surface area contributed by atoms with Crippen LogP contribution in [0, 0.1) is 13.8 Å². The molecule has 2 heterocycles. The van der Waals surface area contributed by atoms with Gasteiger partial charge >= 0.3 is 6.18 Å². The summed E-state index contributed by atoms with van der Waals surface area (Å²) in [5.74, 6) is -0.233. The van der Waals surface area contributed by atoms with Crippen LogP contribution in [0.1, 0.15) is 27.4 Å². The molecular formula is C17H15ClF3N5O2. The molecule has 28 heavy (non-hydrogen) atoms. The molecule has 2 aromatic heterocycles. The van der Waals surface area contributed by atoms with E-state index in [0.29, 0.717) is 10.8 Å². The van der Waals surface area contributed by atoms with Crippen LogP contribution in [0.3, 0.4) is 0 Å². The van der Waals surface area contributed by atoms with Crippen molar-refractivity contribution in [1.29, 1.82) is 0 Å². The van der Waals surface area contributed by atoms with E-state index in [2.05, 4.69) is 20.6 Å². The number of rotatable bonds is 5. The van der Waals surface area contributed by atoms with E-state index < -0.39 is 23.5 Å². The van der Waals surface area contributed by atoms with E-state index in [0.717, 1.165) is 5.56 Å². The van der Waals surface area contributed by atoms with Crippen LogP contribution in [-0.2, 0) is 12.9 Å². The van der Waals surface area contributed by atoms with Crippen molar-refractivity contribution in [3.05, 3.63) is 58.1 Å². The number of aromatic nitrogens is 4. The highest BCUT2D eigenvalue weighted by Gasteiger charge is 2.38. The van der Waals surface area contributed by atoms with Crippen LogP contribution < -0.4 is 10.1 Å². The molecule has 0 fully saturated rings. The molecule has 0 saturated heterocycles. The number of alkyl halides is 3. The lowest BCUT2D eigenvalue weighted by Crippen LogP contribution is -2.17. The number of halogens is 4. The van der Waals surface area contributed by atoms with Gasteiger partial charge in [0, 0.05) is 11.2 Å². The largest absolute Gasteiger partial charge is 0.471 e. The van der Waals surface area contributed by atoms with Crippen molar-refractivity contribution in [2.24, 2.45) is 0 Å². The SMILES string of the molecule is Cc1cc(OCn2ccc(C(=O)Nc3c(C(F)(F)F)n[nH]c3C)n2)ccc1Cl. The Kier molecular flexibility index (Phi) is 5.32. The van der Waals surface area contributed by atoms with E-state index in [1.807, 2.05) is 6.92 Å². The zero-order chi connectivity index (χ0) is 20.5. The van der Waals surface area contributed by atoms with Crippen molar-refractivity contribution in [3.8, 4) is 5.75 Å². The molecule has 0 saturated carbocycles. The van der Waals surface area contributed by atoms with Crippen LogP contribution in [0.5, 0.6) is 5.75 Å². The molecule has 1 amide bonds. The Balaban J connectivity index is 1.68. The number of aryl methyl sites for hydroxylation is 2. The maximum atomic E-state index is 13.0. The van der Waals surface area contributed by atoms with Gasteiger partial charge in [-0.1, -0.05) is 11.6 Å². The molecular weight excluding hydrogens is 399 g/mol. The third kappa shape index (κ3) is 4.28.